The average molecular weight is 703 g/mol. The number of hydrogen-bond donors (Lipinski definition) is 1. The van der Waals surface area contributed by atoms with Crippen molar-refractivity contribution in [2.24, 2.45) is 0 Å². The summed E-state index contributed by atoms with van der Waals surface area (Å²) in [5.41, 5.74) is 3.53. The third-order valence-corrected chi connectivity index (χ3v) is 9.65. The van der Waals surface area contributed by atoms with Gasteiger partial charge in [0, 0.05) is 0 Å². The van der Waals surface area contributed by atoms with Crippen LogP contribution in [0.5, 0.6) is 17.2 Å². The van der Waals surface area contributed by atoms with E-state index in [0.717, 1.165) is 17.2 Å². The molecule has 1 N–H and O–H groups in total. The molecular formula is C45H67O4P. The highest BCUT2D eigenvalue weighted by molar-refractivity contribution is 7.43. The maximum absolute atomic E-state index is 8.60. The van der Waals surface area contributed by atoms with Gasteiger partial charge in [-0.2, -0.15) is 0 Å². The number of rotatable bonds is 26. The molecule has 276 valence electrons. The SMILES string of the molecule is CCCCCCCCCCCCCCCCCCC/C=C/C=C/CO.Cc1ccc(OP(Oc2ccc(C)cc2)Oc2ccc(C)cc2)cc1. The Morgan fingerprint density at radius 1 is 0.440 bits per heavy atom. The topological polar surface area (TPSA) is 47.9 Å². The molecule has 3 rings (SSSR count). The normalized spacial score (nSPS) is 11.2. The summed E-state index contributed by atoms with van der Waals surface area (Å²) in [4.78, 5) is 0. The highest BCUT2D eigenvalue weighted by atomic mass is 31.2. The van der Waals surface area contributed by atoms with Crippen LogP contribution in [0.4, 0.5) is 0 Å². The van der Waals surface area contributed by atoms with Gasteiger partial charge < -0.3 is 18.7 Å². The van der Waals surface area contributed by atoms with Gasteiger partial charge in [0.1, 0.15) is 17.2 Å². The monoisotopic (exact) mass is 702 g/mol. The van der Waals surface area contributed by atoms with Crippen LogP contribution in [-0.4, -0.2) is 11.7 Å². The lowest BCUT2D eigenvalue weighted by atomic mass is 10.0. The predicted octanol–water partition coefficient (Wildman–Crippen LogP) is 14.5. The van der Waals surface area contributed by atoms with Gasteiger partial charge in [-0.3, -0.25) is 0 Å². The first-order valence-corrected chi connectivity index (χ1v) is 20.6. The van der Waals surface area contributed by atoms with E-state index >= 15 is 0 Å². The van der Waals surface area contributed by atoms with Crippen LogP contribution >= 0.6 is 8.60 Å². The minimum Gasteiger partial charge on any atom is -0.409 e. The summed E-state index contributed by atoms with van der Waals surface area (Å²) in [6.45, 7) is 8.55. The molecule has 0 aromatic heterocycles. The second-order valence-corrected chi connectivity index (χ2v) is 14.4. The summed E-state index contributed by atoms with van der Waals surface area (Å²) < 4.78 is 17.9. The lowest BCUT2D eigenvalue weighted by molar-refractivity contribution is 0.343. The third kappa shape index (κ3) is 23.4. The predicted molar refractivity (Wildman–Crippen MR) is 216 cm³/mol. The van der Waals surface area contributed by atoms with Gasteiger partial charge in [-0.05, 0) is 70.0 Å². The fourth-order valence-corrected chi connectivity index (χ4v) is 6.41. The van der Waals surface area contributed by atoms with Crippen LogP contribution < -0.4 is 13.6 Å². The number of aliphatic hydroxyl groups is 1. The Morgan fingerprint density at radius 2 is 0.740 bits per heavy atom. The molecule has 0 saturated carbocycles. The highest BCUT2D eigenvalue weighted by Gasteiger charge is 2.19. The molecule has 0 aliphatic rings. The van der Waals surface area contributed by atoms with Crippen molar-refractivity contribution in [1.29, 1.82) is 0 Å². The van der Waals surface area contributed by atoms with Crippen LogP contribution in [0.15, 0.2) is 97.1 Å². The number of hydrogen-bond acceptors (Lipinski definition) is 4. The number of unbranched alkanes of at least 4 members (excludes halogenated alkanes) is 17. The molecule has 0 heterocycles. The second-order valence-electron chi connectivity index (χ2n) is 13.4. The molecule has 4 nitrogen and oxygen atoms in total. The van der Waals surface area contributed by atoms with E-state index in [9.17, 15) is 0 Å². The van der Waals surface area contributed by atoms with Gasteiger partial charge in [0.15, 0.2) is 0 Å². The first kappa shape index (κ1) is 43.1. The Balaban J connectivity index is 0.000000347. The molecule has 0 amide bonds. The summed E-state index contributed by atoms with van der Waals surface area (Å²) in [5, 5.41) is 8.60. The molecule has 3 aromatic rings. The molecule has 0 fully saturated rings. The molecule has 0 aliphatic heterocycles. The minimum atomic E-state index is -1.62. The Labute approximate surface area is 307 Å². The largest absolute Gasteiger partial charge is 0.530 e. The standard InChI is InChI=1S/C24H46O.C21H21O3P/c1-2-3-4-5-6-7-8-9-10-11-12-13-14-15-16-17-18-19-20-21-22-23-24-25;1-16-4-10-19(11-5-16)22-25(23-20-12-6-17(2)7-13-20)24-21-14-8-18(3)9-15-21/h20-23,25H,2-19,24H2,1H3;4-15H,1-3H3/b21-20+,23-22+;. The lowest BCUT2D eigenvalue weighted by Crippen LogP contribution is -2.02. The average Bonchev–Trinajstić information content (AvgIpc) is 3.12. The van der Waals surface area contributed by atoms with Crippen molar-refractivity contribution in [1.82, 2.24) is 0 Å². The molecule has 0 radical (unpaired) electrons. The quantitative estimate of drug-likeness (QED) is 0.0514. The maximum atomic E-state index is 8.60. The Hall–Kier alpha value is -3.07. The molecule has 50 heavy (non-hydrogen) atoms. The fraction of sp³-hybridized carbons (Fsp3) is 0.511. The van der Waals surface area contributed by atoms with Crippen LogP contribution in [0.25, 0.3) is 0 Å². The Bertz CT molecular complexity index is 1140. The van der Waals surface area contributed by atoms with E-state index in [1.165, 1.54) is 132 Å². The van der Waals surface area contributed by atoms with Gasteiger partial charge >= 0.3 is 8.60 Å². The van der Waals surface area contributed by atoms with Gasteiger partial charge in [0.05, 0.1) is 6.61 Å². The number of allylic oxidation sites excluding steroid dienone is 3. The van der Waals surface area contributed by atoms with Gasteiger partial charge in [-0.15, -0.1) is 0 Å². The van der Waals surface area contributed by atoms with Crippen molar-refractivity contribution >= 4 is 8.60 Å². The van der Waals surface area contributed by atoms with Gasteiger partial charge in [-0.1, -0.05) is 187 Å². The summed E-state index contributed by atoms with van der Waals surface area (Å²) in [7, 11) is -1.62. The molecule has 5 heteroatoms. The summed E-state index contributed by atoms with van der Waals surface area (Å²) in [6, 6.07) is 23.5. The minimum absolute atomic E-state index is 0.142. The molecule has 3 aromatic carbocycles. The zero-order valence-electron chi connectivity index (χ0n) is 31.8. The van der Waals surface area contributed by atoms with Crippen molar-refractivity contribution < 1.29 is 18.7 Å². The van der Waals surface area contributed by atoms with Gasteiger partial charge in [-0.25, -0.2) is 0 Å². The first-order valence-electron chi connectivity index (χ1n) is 19.5. The first-order chi connectivity index (χ1) is 24.5. The maximum Gasteiger partial charge on any atom is 0.530 e. The van der Waals surface area contributed by atoms with E-state index < -0.39 is 8.60 Å². The highest BCUT2D eigenvalue weighted by Crippen LogP contribution is 2.42. The zero-order chi connectivity index (χ0) is 35.9. The van der Waals surface area contributed by atoms with Crippen LogP contribution in [-0.2, 0) is 0 Å². The van der Waals surface area contributed by atoms with Crippen LogP contribution in [0, 0.1) is 20.8 Å². The van der Waals surface area contributed by atoms with E-state index in [1.807, 2.05) is 106 Å². The summed E-state index contributed by atoms with van der Waals surface area (Å²) in [5.74, 6) is 2.16. The van der Waals surface area contributed by atoms with Crippen molar-refractivity contribution in [3.63, 3.8) is 0 Å². The van der Waals surface area contributed by atoms with Crippen LogP contribution in [0.3, 0.4) is 0 Å². The Morgan fingerprint density at radius 3 is 1.06 bits per heavy atom. The fourth-order valence-electron chi connectivity index (χ4n) is 5.41. The van der Waals surface area contributed by atoms with Crippen LogP contribution in [0.2, 0.25) is 0 Å². The Kier molecular flexibility index (Phi) is 25.5. The van der Waals surface area contributed by atoms with Crippen molar-refractivity contribution in [3.8, 4) is 17.2 Å². The molecule has 0 aliphatic carbocycles. The van der Waals surface area contributed by atoms with E-state index in [0.29, 0.717) is 0 Å². The molecule has 0 unspecified atom stereocenters. The third-order valence-electron chi connectivity index (χ3n) is 8.57. The molecule has 0 spiro atoms. The van der Waals surface area contributed by atoms with Crippen molar-refractivity contribution in [2.45, 2.75) is 143 Å². The summed E-state index contributed by atoms with van der Waals surface area (Å²) in [6.07, 6.45) is 33.5. The van der Waals surface area contributed by atoms with Crippen molar-refractivity contribution in [2.75, 3.05) is 6.61 Å². The molecule has 0 saturated heterocycles. The van der Waals surface area contributed by atoms with E-state index in [4.69, 9.17) is 18.7 Å². The smallest absolute Gasteiger partial charge is 0.409 e. The molecular weight excluding hydrogens is 635 g/mol. The number of aliphatic hydroxyl groups excluding tert-OH is 1. The molecule has 0 bridgehead atoms. The number of benzene rings is 3. The second kappa shape index (κ2) is 29.6. The number of aryl methyl sites for hydroxylation is 3. The van der Waals surface area contributed by atoms with Crippen LogP contribution in [0.1, 0.15) is 139 Å². The van der Waals surface area contributed by atoms with E-state index in [-0.39, 0.29) is 6.61 Å². The molecule has 0 atom stereocenters. The van der Waals surface area contributed by atoms with E-state index in [2.05, 4.69) is 13.0 Å². The van der Waals surface area contributed by atoms with E-state index in [1.54, 1.807) is 6.08 Å². The lowest BCUT2D eigenvalue weighted by Gasteiger charge is -2.18. The van der Waals surface area contributed by atoms with Gasteiger partial charge in [0.25, 0.3) is 0 Å². The summed E-state index contributed by atoms with van der Waals surface area (Å²) >= 11 is 0. The van der Waals surface area contributed by atoms with Crippen molar-refractivity contribution in [3.05, 3.63) is 114 Å². The van der Waals surface area contributed by atoms with Gasteiger partial charge in [0.2, 0.25) is 0 Å². The zero-order valence-corrected chi connectivity index (χ0v) is 32.7.